The van der Waals surface area contributed by atoms with E-state index < -0.39 is 12.1 Å². The summed E-state index contributed by atoms with van der Waals surface area (Å²) in [5.74, 6) is -0.795. The van der Waals surface area contributed by atoms with Crippen molar-refractivity contribution in [1.29, 1.82) is 0 Å². The summed E-state index contributed by atoms with van der Waals surface area (Å²) in [6.07, 6.45) is 0.972. The van der Waals surface area contributed by atoms with Gasteiger partial charge in [0.05, 0.1) is 13.0 Å². The molecule has 0 aromatic carbocycles. The number of hydrogen-bond donors (Lipinski definition) is 2. The largest absolute Gasteiger partial charge is 0.484 e. The van der Waals surface area contributed by atoms with Crippen molar-refractivity contribution in [2.75, 3.05) is 59.5 Å². The first-order valence-corrected chi connectivity index (χ1v) is 14.1. The van der Waals surface area contributed by atoms with Crippen molar-refractivity contribution in [3.63, 3.8) is 0 Å². The summed E-state index contributed by atoms with van der Waals surface area (Å²) >= 11 is 0. The number of alkyl halides is 3. The SMILES string of the molecule is CC/C(=C\N=C(C)OC)N1CCN(CCCC(=O)N(CC)C[C@@H](C)N/C(C)=C/C(C)C(F)(F)F)CC1.CCN. The van der Waals surface area contributed by atoms with Crippen LogP contribution >= 0.6 is 0 Å². The highest BCUT2D eigenvalue weighted by atomic mass is 19.4. The number of methoxy groups -OCH3 is 1. The lowest BCUT2D eigenvalue weighted by Gasteiger charge is -2.37. The Bertz CT molecular complexity index is 778. The van der Waals surface area contributed by atoms with Gasteiger partial charge in [0.2, 0.25) is 5.91 Å². The van der Waals surface area contributed by atoms with Gasteiger partial charge < -0.3 is 25.6 Å². The van der Waals surface area contributed by atoms with Gasteiger partial charge >= 0.3 is 6.18 Å². The van der Waals surface area contributed by atoms with E-state index in [2.05, 4.69) is 27.0 Å². The van der Waals surface area contributed by atoms with Crippen LogP contribution in [0.1, 0.15) is 67.7 Å². The van der Waals surface area contributed by atoms with Gasteiger partial charge in [-0.15, -0.1) is 0 Å². The van der Waals surface area contributed by atoms with E-state index in [1.807, 2.05) is 33.9 Å². The molecule has 1 amide bonds. The molecule has 2 atom stereocenters. The number of hydrogen-bond acceptors (Lipinski definition) is 7. The zero-order chi connectivity index (χ0) is 30.0. The molecule has 39 heavy (non-hydrogen) atoms. The monoisotopic (exact) mass is 562 g/mol. The summed E-state index contributed by atoms with van der Waals surface area (Å²) in [6.45, 7) is 18.8. The van der Waals surface area contributed by atoms with E-state index in [0.717, 1.165) is 59.0 Å². The third-order valence-corrected chi connectivity index (χ3v) is 6.42. The number of halogens is 3. The van der Waals surface area contributed by atoms with Gasteiger partial charge in [-0.1, -0.05) is 26.8 Å². The van der Waals surface area contributed by atoms with E-state index in [1.54, 1.807) is 18.9 Å². The molecular weight excluding hydrogens is 509 g/mol. The van der Waals surface area contributed by atoms with Crippen LogP contribution in [0.3, 0.4) is 0 Å². The minimum Gasteiger partial charge on any atom is -0.484 e. The Labute approximate surface area is 234 Å². The van der Waals surface area contributed by atoms with Crippen LogP contribution in [-0.4, -0.2) is 98.2 Å². The lowest BCUT2D eigenvalue weighted by molar-refractivity contribution is -0.156. The maximum absolute atomic E-state index is 12.8. The van der Waals surface area contributed by atoms with Gasteiger partial charge in [0, 0.05) is 76.2 Å². The van der Waals surface area contributed by atoms with Gasteiger partial charge in [0.25, 0.3) is 0 Å². The number of carbonyl (C=O) groups is 1. The van der Waals surface area contributed by atoms with Crippen molar-refractivity contribution < 1.29 is 22.7 Å². The van der Waals surface area contributed by atoms with Crippen molar-refractivity contribution in [2.45, 2.75) is 79.9 Å². The van der Waals surface area contributed by atoms with Gasteiger partial charge in [0.1, 0.15) is 0 Å². The Morgan fingerprint density at radius 1 is 1.15 bits per heavy atom. The molecular formula is C28H53F3N6O2. The maximum atomic E-state index is 12.8. The Balaban J connectivity index is 0.00000458. The number of rotatable bonds is 13. The summed E-state index contributed by atoms with van der Waals surface area (Å²) in [5.41, 5.74) is 6.51. The smallest absolute Gasteiger partial charge is 0.394 e. The molecule has 1 rings (SSSR count). The molecule has 11 heteroatoms. The molecule has 0 aromatic rings. The molecule has 1 heterocycles. The van der Waals surface area contributed by atoms with Crippen molar-refractivity contribution in [3.8, 4) is 0 Å². The third kappa shape index (κ3) is 15.8. The standard InChI is InChI=1S/C26H46F3N5O2.C2H7N/c1-8-24(18-30-23(6)36-7)34-15-13-32(14-16-34)12-10-11-25(35)33(9-2)19-22(5)31-21(4)17-20(3)26(27,28)29;1-2-3/h17-18,20,22,31H,8-16,19H2,1-7H3;2-3H2,1H3/b21-17+,24-18+,30-23?;/t20?,22-;/m1./s1. The number of likely N-dealkylation sites (N-methyl/N-ethyl adjacent to an activating group) is 1. The summed E-state index contributed by atoms with van der Waals surface area (Å²) in [5, 5.41) is 3.08. The number of nitrogens with two attached hydrogens (primary N) is 1. The molecule has 8 nitrogen and oxygen atoms in total. The molecule has 1 fully saturated rings. The maximum Gasteiger partial charge on any atom is 0.394 e. The van der Waals surface area contributed by atoms with Crippen LogP contribution in [0.15, 0.2) is 28.7 Å². The molecule has 1 aliphatic rings. The molecule has 0 bridgehead atoms. The second-order valence-electron chi connectivity index (χ2n) is 9.82. The molecule has 0 aliphatic carbocycles. The average molecular weight is 563 g/mol. The van der Waals surface area contributed by atoms with Crippen LogP contribution < -0.4 is 11.1 Å². The zero-order valence-corrected chi connectivity index (χ0v) is 25.4. The fourth-order valence-electron chi connectivity index (χ4n) is 4.18. The number of nitrogens with one attached hydrogen (secondary N) is 1. The predicted molar refractivity (Wildman–Crippen MR) is 154 cm³/mol. The molecule has 0 spiro atoms. The number of ether oxygens (including phenoxy) is 1. The molecule has 1 saturated heterocycles. The summed E-state index contributed by atoms with van der Waals surface area (Å²) in [4.78, 5) is 23.6. The number of allylic oxidation sites excluding steroid dienone is 3. The molecule has 1 aliphatic heterocycles. The fraction of sp³-hybridized carbons (Fsp3) is 0.786. The molecule has 0 saturated carbocycles. The molecule has 0 aromatic heterocycles. The van der Waals surface area contributed by atoms with Crippen LogP contribution in [0.5, 0.6) is 0 Å². The highest BCUT2D eigenvalue weighted by molar-refractivity contribution is 5.76. The molecule has 1 unspecified atom stereocenters. The quantitative estimate of drug-likeness (QED) is 0.252. The number of piperazine rings is 1. The van der Waals surface area contributed by atoms with Gasteiger partial charge in [-0.25, -0.2) is 4.99 Å². The first-order chi connectivity index (χ1) is 18.3. The number of aliphatic imine (C=N–C) groups is 1. The topological polar surface area (TPSA) is 86.4 Å². The molecule has 0 radical (unpaired) electrons. The van der Waals surface area contributed by atoms with Gasteiger partial charge in [-0.2, -0.15) is 13.2 Å². The van der Waals surface area contributed by atoms with E-state index in [4.69, 9.17) is 10.5 Å². The van der Waals surface area contributed by atoms with Gasteiger partial charge in [-0.3, -0.25) is 9.69 Å². The second-order valence-corrected chi connectivity index (χ2v) is 9.82. The van der Waals surface area contributed by atoms with Crippen LogP contribution in [0.4, 0.5) is 13.2 Å². The molecule has 3 N–H and O–H groups in total. The van der Waals surface area contributed by atoms with Gasteiger partial charge in [0.15, 0.2) is 5.90 Å². The lowest BCUT2D eigenvalue weighted by atomic mass is 10.1. The number of amides is 1. The van der Waals surface area contributed by atoms with Crippen molar-refractivity contribution in [2.24, 2.45) is 16.6 Å². The fourth-order valence-corrected chi connectivity index (χ4v) is 4.18. The highest BCUT2D eigenvalue weighted by Crippen LogP contribution is 2.27. The van der Waals surface area contributed by atoms with Crippen molar-refractivity contribution in [1.82, 2.24) is 20.0 Å². The van der Waals surface area contributed by atoms with E-state index >= 15 is 0 Å². The minimum atomic E-state index is -4.25. The Kier molecular flexibility index (Phi) is 18.6. The van der Waals surface area contributed by atoms with E-state index in [1.165, 1.54) is 11.8 Å². The second kappa shape index (κ2) is 19.7. The highest BCUT2D eigenvalue weighted by Gasteiger charge is 2.34. The Morgan fingerprint density at radius 2 is 1.74 bits per heavy atom. The number of nitrogens with zero attached hydrogens (tertiary/aromatic N) is 4. The van der Waals surface area contributed by atoms with Crippen molar-refractivity contribution >= 4 is 11.8 Å². The third-order valence-electron chi connectivity index (χ3n) is 6.42. The average Bonchev–Trinajstić information content (AvgIpc) is 2.87. The zero-order valence-electron chi connectivity index (χ0n) is 25.4. The van der Waals surface area contributed by atoms with Crippen LogP contribution in [0, 0.1) is 5.92 Å². The normalized spacial score (nSPS) is 17.2. The first kappa shape index (κ1) is 36.7. The Morgan fingerprint density at radius 3 is 2.23 bits per heavy atom. The van der Waals surface area contributed by atoms with Gasteiger partial charge in [-0.05, 0) is 46.7 Å². The number of carbonyl (C=O) groups excluding carboxylic acids is 1. The summed E-state index contributed by atoms with van der Waals surface area (Å²) in [7, 11) is 1.61. The first-order valence-electron chi connectivity index (χ1n) is 14.1. The van der Waals surface area contributed by atoms with E-state index in [0.29, 0.717) is 31.1 Å². The van der Waals surface area contributed by atoms with Crippen molar-refractivity contribution in [3.05, 3.63) is 23.7 Å². The predicted octanol–water partition coefficient (Wildman–Crippen LogP) is 4.59. The minimum absolute atomic E-state index is 0.0812. The van der Waals surface area contributed by atoms with Crippen LogP contribution in [0.25, 0.3) is 0 Å². The van der Waals surface area contributed by atoms with Crippen LogP contribution in [0.2, 0.25) is 0 Å². The Hall–Kier alpha value is -2.27. The summed E-state index contributed by atoms with van der Waals surface area (Å²) < 4.78 is 43.4. The van der Waals surface area contributed by atoms with E-state index in [-0.39, 0.29) is 11.9 Å². The molecule has 228 valence electrons. The van der Waals surface area contributed by atoms with Crippen LogP contribution in [-0.2, 0) is 9.53 Å². The van der Waals surface area contributed by atoms with E-state index in [9.17, 15) is 18.0 Å². The lowest BCUT2D eigenvalue weighted by Crippen LogP contribution is -2.46. The summed E-state index contributed by atoms with van der Waals surface area (Å²) in [6, 6.07) is -0.142.